The van der Waals surface area contributed by atoms with Gasteiger partial charge < -0.3 is 9.31 Å². The molecule has 0 N–H and O–H groups in total. The van der Waals surface area contributed by atoms with E-state index in [0.717, 1.165) is 5.46 Å². The summed E-state index contributed by atoms with van der Waals surface area (Å²) in [6, 6.07) is 41.2. The van der Waals surface area contributed by atoms with E-state index < -0.39 is 0 Å². The van der Waals surface area contributed by atoms with Gasteiger partial charge >= 0.3 is 7.12 Å². The molecule has 0 bridgehead atoms. The summed E-state index contributed by atoms with van der Waals surface area (Å²) in [6.07, 6.45) is 0. The minimum Gasteiger partial charge on any atom is -0.399 e. The molecule has 0 atom stereocenters. The van der Waals surface area contributed by atoms with Gasteiger partial charge in [-0.15, -0.1) is 0 Å². The predicted octanol–water partition coefficient (Wildman–Crippen LogP) is 8.14. The molecule has 1 aliphatic rings. The van der Waals surface area contributed by atoms with Gasteiger partial charge in [-0.2, -0.15) is 0 Å². The van der Waals surface area contributed by atoms with Crippen LogP contribution in [0.3, 0.4) is 0 Å². The standard InChI is InChI=1S/C34H31BO2/c1-33(2)34(3,4)37-35(36-33)29-21-20-26-22-28(19-18-27(26)23-29)31-17-11-16-30(24-12-7-5-8-13-24)32(31)25-14-9-6-10-15-25/h5-23H,1-4H3. The van der Waals surface area contributed by atoms with Gasteiger partial charge in [0.1, 0.15) is 0 Å². The van der Waals surface area contributed by atoms with Gasteiger partial charge in [-0.1, -0.05) is 109 Å². The quantitative estimate of drug-likeness (QED) is 0.241. The van der Waals surface area contributed by atoms with Crippen molar-refractivity contribution in [1.29, 1.82) is 0 Å². The molecular formula is C34H31BO2. The van der Waals surface area contributed by atoms with E-state index in [4.69, 9.17) is 9.31 Å². The second kappa shape index (κ2) is 9.02. The zero-order valence-electron chi connectivity index (χ0n) is 21.9. The van der Waals surface area contributed by atoms with Crippen LogP contribution in [0.25, 0.3) is 44.2 Å². The molecule has 5 aromatic carbocycles. The first kappa shape index (κ1) is 23.7. The fourth-order valence-corrected chi connectivity index (χ4v) is 5.12. The van der Waals surface area contributed by atoms with Crippen molar-refractivity contribution in [3.05, 3.63) is 115 Å². The molecule has 0 unspecified atom stereocenters. The third-order valence-electron chi connectivity index (χ3n) is 7.91. The van der Waals surface area contributed by atoms with Crippen LogP contribution in [-0.2, 0) is 9.31 Å². The smallest absolute Gasteiger partial charge is 0.399 e. The van der Waals surface area contributed by atoms with Crippen LogP contribution < -0.4 is 5.46 Å². The fourth-order valence-electron chi connectivity index (χ4n) is 5.12. The van der Waals surface area contributed by atoms with E-state index >= 15 is 0 Å². The van der Waals surface area contributed by atoms with E-state index in [2.05, 4.69) is 143 Å². The maximum absolute atomic E-state index is 6.29. The third-order valence-corrected chi connectivity index (χ3v) is 7.91. The lowest BCUT2D eigenvalue weighted by atomic mass is 9.78. The molecule has 0 aliphatic carbocycles. The summed E-state index contributed by atoms with van der Waals surface area (Å²) in [7, 11) is -0.360. The average Bonchev–Trinajstić information content (AvgIpc) is 3.15. The van der Waals surface area contributed by atoms with Gasteiger partial charge in [0, 0.05) is 0 Å². The van der Waals surface area contributed by atoms with Crippen molar-refractivity contribution in [3.63, 3.8) is 0 Å². The Morgan fingerprint density at radius 3 is 1.68 bits per heavy atom. The Balaban J connectivity index is 1.44. The van der Waals surface area contributed by atoms with Crippen LogP contribution in [0.2, 0.25) is 0 Å². The van der Waals surface area contributed by atoms with E-state index in [1.807, 2.05) is 0 Å². The molecule has 2 nitrogen and oxygen atoms in total. The molecule has 0 saturated carbocycles. The summed E-state index contributed by atoms with van der Waals surface area (Å²) >= 11 is 0. The van der Waals surface area contributed by atoms with Crippen molar-refractivity contribution < 1.29 is 9.31 Å². The van der Waals surface area contributed by atoms with Crippen LogP contribution in [0.5, 0.6) is 0 Å². The lowest BCUT2D eigenvalue weighted by Gasteiger charge is -2.32. The Morgan fingerprint density at radius 2 is 1.03 bits per heavy atom. The van der Waals surface area contributed by atoms with Gasteiger partial charge in [0.05, 0.1) is 11.2 Å². The predicted molar refractivity (Wildman–Crippen MR) is 156 cm³/mol. The topological polar surface area (TPSA) is 18.5 Å². The highest BCUT2D eigenvalue weighted by Gasteiger charge is 2.51. The SMILES string of the molecule is CC1(C)OB(c2ccc3cc(-c4cccc(-c5ccccc5)c4-c4ccccc4)ccc3c2)OC1(C)C. The van der Waals surface area contributed by atoms with E-state index in [9.17, 15) is 0 Å². The second-order valence-electron chi connectivity index (χ2n) is 10.9. The Kier molecular flexibility index (Phi) is 5.79. The van der Waals surface area contributed by atoms with Crippen molar-refractivity contribution in [2.24, 2.45) is 0 Å². The molecule has 0 aromatic heterocycles. The molecule has 1 aliphatic heterocycles. The maximum Gasteiger partial charge on any atom is 0.494 e. The van der Waals surface area contributed by atoms with Crippen molar-refractivity contribution in [2.75, 3.05) is 0 Å². The van der Waals surface area contributed by atoms with Crippen LogP contribution in [0, 0.1) is 0 Å². The van der Waals surface area contributed by atoms with Gasteiger partial charge in [0.2, 0.25) is 0 Å². The largest absolute Gasteiger partial charge is 0.494 e. The summed E-state index contributed by atoms with van der Waals surface area (Å²) < 4.78 is 12.6. The van der Waals surface area contributed by atoms with Gasteiger partial charge in [0.15, 0.2) is 0 Å². The van der Waals surface area contributed by atoms with Crippen LogP contribution in [-0.4, -0.2) is 18.3 Å². The molecule has 1 fully saturated rings. The Labute approximate surface area is 220 Å². The lowest BCUT2D eigenvalue weighted by molar-refractivity contribution is 0.00578. The minimum atomic E-state index is -0.360. The molecule has 3 heteroatoms. The summed E-state index contributed by atoms with van der Waals surface area (Å²) in [5, 5.41) is 2.37. The highest BCUT2D eigenvalue weighted by Crippen LogP contribution is 2.41. The lowest BCUT2D eigenvalue weighted by Crippen LogP contribution is -2.41. The zero-order chi connectivity index (χ0) is 25.6. The molecule has 0 spiro atoms. The van der Waals surface area contributed by atoms with Crippen molar-refractivity contribution >= 4 is 23.4 Å². The molecule has 0 radical (unpaired) electrons. The summed E-state index contributed by atoms with van der Waals surface area (Å²) in [5.74, 6) is 0. The van der Waals surface area contributed by atoms with Crippen molar-refractivity contribution in [1.82, 2.24) is 0 Å². The molecular weight excluding hydrogens is 451 g/mol. The van der Waals surface area contributed by atoms with Crippen LogP contribution >= 0.6 is 0 Å². The van der Waals surface area contributed by atoms with Crippen molar-refractivity contribution in [3.8, 4) is 33.4 Å². The van der Waals surface area contributed by atoms with Crippen LogP contribution in [0.1, 0.15) is 27.7 Å². The summed E-state index contributed by atoms with van der Waals surface area (Å²) in [6.45, 7) is 8.37. The Hall–Kier alpha value is -3.66. The van der Waals surface area contributed by atoms with Gasteiger partial charge in [-0.25, -0.2) is 0 Å². The first-order valence-corrected chi connectivity index (χ1v) is 13.0. The van der Waals surface area contributed by atoms with Gasteiger partial charge in [-0.3, -0.25) is 0 Å². The Morgan fingerprint density at radius 1 is 0.486 bits per heavy atom. The zero-order valence-corrected chi connectivity index (χ0v) is 21.9. The Bertz CT molecular complexity index is 1560. The molecule has 1 heterocycles. The van der Waals surface area contributed by atoms with Crippen LogP contribution in [0.4, 0.5) is 0 Å². The van der Waals surface area contributed by atoms with Crippen LogP contribution in [0.15, 0.2) is 115 Å². The number of fused-ring (bicyclic) bond motifs is 1. The molecule has 182 valence electrons. The number of hydrogen-bond donors (Lipinski definition) is 0. The van der Waals surface area contributed by atoms with E-state index in [0.29, 0.717) is 0 Å². The maximum atomic E-state index is 6.29. The van der Waals surface area contributed by atoms with E-state index in [1.54, 1.807) is 0 Å². The number of benzene rings is 5. The summed E-state index contributed by atoms with van der Waals surface area (Å²) in [4.78, 5) is 0. The molecule has 6 rings (SSSR count). The molecule has 37 heavy (non-hydrogen) atoms. The summed E-state index contributed by atoms with van der Waals surface area (Å²) in [5.41, 5.74) is 7.70. The molecule has 0 amide bonds. The first-order chi connectivity index (χ1) is 17.8. The van der Waals surface area contributed by atoms with Gasteiger partial charge in [0.25, 0.3) is 0 Å². The highest BCUT2D eigenvalue weighted by molar-refractivity contribution is 6.62. The minimum absolute atomic E-state index is 0.353. The van der Waals surface area contributed by atoms with E-state index in [1.165, 1.54) is 44.2 Å². The van der Waals surface area contributed by atoms with Crippen molar-refractivity contribution in [2.45, 2.75) is 38.9 Å². The number of hydrogen-bond acceptors (Lipinski definition) is 2. The number of rotatable bonds is 4. The average molecular weight is 482 g/mol. The normalized spacial score (nSPS) is 16.3. The monoisotopic (exact) mass is 482 g/mol. The molecule has 1 saturated heterocycles. The van der Waals surface area contributed by atoms with E-state index in [-0.39, 0.29) is 18.3 Å². The first-order valence-electron chi connectivity index (χ1n) is 13.0. The molecule has 5 aromatic rings. The third kappa shape index (κ3) is 4.29. The fraction of sp³-hybridized carbons (Fsp3) is 0.176. The highest BCUT2D eigenvalue weighted by atomic mass is 16.7. The second-order valence-corrected chi connectivity index (χ2v) is 10.9. The van der Waals surface area contributed by atoms with Gasteiger partial charge in [-0.05, 0) is 83.4 Å².